The molecule has 1 atom stereocenters. The molecule has 0 radical (unpaired) electrons. The first-order valence-electron chi connectivity index (χ1n) is 6.01. The van der Waals surface area contributed by atoms with Gasteiger partial charge in [0.2, 0.25) is 0 Å². The first-order valence-corrected chi connectivity index (χ1v) is 7.21. The predicted molar refractivity (Wildman–Crippen MR) is 75.6 cm³/mol. The highest BCUT2D eigenvalue weighted by Crippen LogP contribution is 2.35. The van der Waals surface area contributed by atoms with Crippen molar-refractivity contribution in [2.24, 2.45) is 0 Å². The van der Waals surface area contributed by atoms with Crippen molar-refractivity contribution >= 4 is 34.7 Å². The van der Waals surface area contributed by atoms with E-state index in [0.717, 1.165) is 17.5 Å². The predicted octanol–water partition coefficient (Wildman–Crippen LogP) is 2.77. The zero-order valence-electron chi connectivity index (χ0n) is 11.2. The lowest BCUT2D eigenvalue weighted by Crippen LogP contribution is -2.51. The molecule has 0 bridgehead atoms. The Hall–Kier alpha value is -1.71. The van der Waals surface area contributed by atoms with Gasteiger partial charge in [-0.05, 0) is 13.0 Å². The van der Waals surface area contributed by atoms with E-state index in [-0.39, 0.29) is 16.7 Å². The van der Waals surface area contributed by atoms with Crippen LogP contribution in [0.3, 0.4) is 0 Å². The van der Waals surface area contributed by atoms with E-state index in [2.05, 4.69) is 21.0 Å². The first kappa shape index (κ1) is 16.7. The van der Waals surface area contributed by atoms with Gasteiger partial charge in [0, 0.05) is 6.20 Å². The molecule has 22 heavy (non-hydrogen) atoms. The lowest BCUT2D eigenvalue weighted by atomic mass is 10.2. The van der Waals surface area contributed by atoms with Crippen molar-refractivity contribution < 1.29 is 23.7 Å². The topological polar surface area (TPSA) is 82.5 Å². The molecule has 2 heterocycles. The number of halogens is 4. The highest BCUT2D eigenvalue weighted by atomic mass is 35.5. The smallest absolute Gasteiger partial charge is 0.350 e. The number of hydrogen-bond donors (Lipinski definition) is 2. The summed E-state index contributed by atoms with van der Waals surface area (Å²) in [5.41, 5.74) is 2.72. The van der Waals surface area contributed by atoms with E-state index in [1.54, 1.807) is 0 Å². The summed E-state index contributed by atoms with van der Waals surface area (Å²) in [5, 5.41) is 2.42. The van der Waals surface area contributed by atoms with Gasteiger partial charge in [0.05, 0.1) is 16.8 Å². The molecule has 0 aliphatic rings. The van der Waals surface area contributed by atoms with Crippen LogP contribution in [-0.2, 0) is 6.18 Å². The Morgan fingerprint density at radius 2 is 2.09 bits per heavy atom. The van der Waals surface area contributed by atoms with Gasteiger partial charge < -0.3 is 11.1 Å². The molecule has 2 aromatic rings. The molecule has 10 heteroatoms. The van der Waals surface area contributed by atoms with Crippen LogP contribution < -0.4 is 11.1 Å². The van der Waals surface area contributed by atoms with E-state index in [1.165, 1.54) is 6.20 Å². The Morgan fingerprint density at radius 1 is 1.41 bits per heavy atom. The molecule has 2 rings (SSSR count). The monoisotopic (exact) mass is 351 g/mol. The van der Waals surface area contributed by atoms with Crippen LogP contribution in [0.15, 0.2) is 18.5 Å². The third kappa shape index (κ3) is 3.73. The van der Waals surface area contributed by atoms with Crippen molar-refractivity contribution in [1.82, 2.24) is 9.97 Å². The number of anilines is 1. The van der Waals surface area contributed by atoms with Crippen molar-refractivity contribution in [2.45, 2.75) is 19.1 Å². The zero-order chi connectivity index (χ0) is 16.5. The normalized spacial score (nSPS) is 13.0. The minimum Gasteiger partial charge on any atom is -0.350 e. The maximum absolute atomic E-state index is 12.7. The Balaban J connectivity index is 2.21. The number of thiazole rings is 1. The van der Waals surface area contributed by atoms with Gasteiger partial charge in [-0.15, -0.1) is 11.3 Å². The third-order valence-corrected chi connectivity index (χ3v) is 4.10. The average molecular weight is 352 g/mol. The standard InChI is InChI=1S/C12H10ClF3N4OS/c1-5(17)11-19-4-8(22-11)10(21)20-9-2-6(12(14,15)16)7(13)3-18-9/h2-5H,17H2,1H3,(H,18,20,21)/p+1. The minimum absolute atomic E-state index is 0.0861. The van der Waals surface area contributed by atoms with E-state index in [9.17, 15) is 18.0 Å². The Kier molecular flexibility index (Phi) is 4.69. The van der Waals surface area contributed by atoms with Gasteiger partial charge in [0.25, 0.3) is 5.91 Å². The van der Waals surface area contributed by atoms with Crippen molar-refractivity contribution in [3.05, 3.63) is 38.9 Å². The summed E-state index contributed by atoms with van der Waals surface area (Å²) >= 11 is 6.58. The van der Waals surface area contributed by atoms with Crippen LogP contribution in [0.2, 0.25) is 5.02 Å². The van der Waals surface area contributed by atoms with Crippen molar-refractivity contribution in [2.75, 3.05) is 5.32 Å². The van der Waals surface area contributed by atoms with Crippen LogP contribution in [0.1, 0.15) is 33.2 Å². The second-order valence-electron chi connectivity index (χ2n) is 4.47. The number of nitrogens with one attached hydrogen (secondary N) is 1. The Bertz CT molecular complexity index is 702. The molecule has 0 saturated heterocycles. The molecule has 5 nitrogen and oxygen atoms in total. The maximum atomic E-state index is 12.7. The molecule has 1 amide bonds. The molecule has 0 aliphatic heterocycles. The average Bonchev–Trinajstić information content (AvgIpc) is 2.89. The number of nitrogens with zero attached hydrogens (tertiary/aromatic N) is 2. The second kappa shape index (κ2) is 6.19. The van der Waals surface area contributed by atoms with E-state index >= 15 is 0 Å². The maximum Gasteiger partial charge on any atom is 0.418 e. The van der Waals surface area contributed by atoms with Crippen LogP contribution >= 0.6 is 22.9 Å². The van der Waals surface area contributed by atoms with Crippen LogP contribution in [0.4, 0.5) is 19.0 Å². The SMILES string of the molecule is CC([NH3+])c1ncc(C(=O)Nc2cc(C(F)(F)F)c(Cl)cn2)s1. The summed E-state index contributed by atoms with van der Waals surface area (Å²) in [6, 6.07) is 0.601. The van der Waals surface area contributed by atoms with Crippen LogP contribution in [0.25, 0.3) is 0 Å². The fraction of sp³-hybridized carbons (Fsp3) is 0.250. The second-order valence-corrected chi connectivity index (χ2v) is 5.93. The van der Waals surface area contributed by atoms with E-state index in [1.807, 2.05) is 6.92 Å². The van der Waals surface area contributed by atoms with Gasteiger partial charge in [-0.2, -0.15) is 13.2 Å². The number of rotatable bonds is 3. The quantitative estimate of drug-likeness (QED) is 0.892. The Labute approximate surface area is 132 Å². The van der Waals surface area contributed by atoms with E-state index in [4.69, 9.17) is 11.6 Å². The number of amides is 1. The molecule has 0 saturated carbocycles. The number of hydrogen-bond acceptors (Lipinski definition) is 4. The van der Waals surface area contributed by atoms with Gasteiger partial charge in [0.1, 0.15) is 16.7 Å². The Morgan fingerprint density at radius 3 is 2.64 bits per heavy atom. The van der Waals surface area contributed by atoms with Crippen LogP contribution in [-0.4, -0.2) is 15.9 Å². The van der Waals surface area contributed by atoms with Crippen molar-refractivity contribution in [3.63, 3.8) is 0 Å². The van der Waals surface area contributed by atoms with Gasteiger partial charge in [-0.1, -0.05) is 11.6 Å². The molecule has 0 spiro atoms. The summed E-state index contributed by atoms with van der Waals surface area (Å²) in [6.07, 6.45) is -2.44. The number of carbonyl (C=O) groups excluding carboxylic acids is 1. The van der Waals surface area contributed by atoms with Gasteiger partial charge in [-0.25, -0.2) is 9.97 Å². The summed E-state index contributed by atoms with van der Waals surface area (Å²) < 4.78 is 38.2. The summed E-state index contributed by atoms with van der Waals surface area (Å²) in [7, 11) is 0. The summed E-state index contributed by atoms with van der Waals surface area (Å²) in [6.45, 7) is 1.82. The molecular formula is C12H11ClF3N4OS+. The third-order valence-electron chi connectivity index (χ3n) is 2.57. The highest BCUT2D eigenvalue weighted by Gasteiger charge is 2.34. The highest BCUT2D eigenvalue weighted by molar-refractivity contribution is 7.13. The zero-order valence-corrected chi connectivity index (χ0v) is 12.8. The van der Waals surface area contributed by atoms with Crippen LogP contribution in [0, 0.1) is 0 Å². The van der Waals surface area contributed by atoms with Crippen molar-refractivity contribution in [1.29, 1.82) is 0 Å². The van der Waals surface area contributed by atoms with Gasteiger partial charge in [-0.3, -0.25) is 4.79 Å². The number of aromatic nitrogens is 2. The molecule has 0 aromatic carbocycles. The van der Waals surface area contributed by atoms with Gasteiger partial charge in [0.15, 0.2) is 5.01 Å². The molecule has 2 aromatic heterocycles. The minimum atomic E-state index is -4.62. The number of carbonyl (C=O) groups is 1. The van der Waals surface area contributed by atoms with Crippen molar-refractivity contribution in [3.8, 4) is 0 Å². The molecule has 118 valence electrons. The fourth-order valence-corrected chi connectivity index (χ4v) is 2.51. The largest absolute Gasteiger partial charge is 0.418 e. The molecule has 4 N–H and O–H groups in total. The van der Waals surface area contributed by atoms with Gasteiger partial charge >= 0.3 is 6.18 Å². The van der Waals surface area contributed by atoms with E-state index in [0.29, 0.717) is 11.1 Å². The number of quaternary nitrogens is 1. The lowest BCUT2D eigenvalue weighted by Gasteiger charge is -2.10. The fourth-order valence-electron chi connectivity index (χ4n) is 1.52. The number of pyridine rings is 1. The molecule has 0 fully saturated rings. The first-order chi connectivity index (χ1) is 10.2. The molecule has 1 unspecified atom stereocenters. The van der Waals surface area contributed by atoms with Crippen LogP contribution in [0.5, 0.6) is 0 Å². The molecular weight excluding hydrogens is 341 g/mol. The lowest BCUT2D eigenvalue weighted by molar-refractivity contribution is -0.420. The van der Waals surface area contributed by atoms with E-state index < -0.39 is 22.7 Å². The number of alkyl halides is 3. The molecule has 0 aliphatic carbocycles. The summed E-state index contributed by atoms with van der Waals surface area (Å²) in [4.78, 5) is 19.9. The summed E-state index contributed by atoms with van der Waals surface area (Å²) in [5.74, 6) is -0.827.